The second-order valence-electron chi connectivity index (χ2n) is 7.24. The van der Waals surface area contributed by atoms with E-state index in [1.165, 1.54) is 18.2 Å². The molecule has 2 aliphatic rings. The molecule has 1 atom stereocenters. The number of ether oxygens (including phenoxy) is 2. The van der Waals surface area contributed by atoms with E-state index in [0.29, 0.717) is 22.6 Å². The Kier molecular flexibility index (Phi) is 5.31. The molecule has 1 fully saturated rings. The fourth-order valence-corrected chi connectivity index (χ4v) is 4.63. The molecule has 0 radical (unpaired) electrons. The molecule has 0 saturated carbocycles. The van der Waals surface area contributed by atoms with Crippen LogP contribution in [0.5, 0.6) is 11.5 Å². The molecule has 1 amide bonds. The number of rotatable bonds is 5. The van der Waals surface area contributed by atoms with Gasteiger partial charge < -0.3 is 18.8 Å². The highest BCUT2D eigenvalue weighted by Crippen LogP contribution is 2.39. The molecule has 1 saturated heterocycles. The van der Waals surface area contributed by atoms with Crippen LogP contribution >= 0.6 is 11.8 Å². The van der Waals surface area contributed by atoms with Gasteiger partial charge in [-0.3, -0.25) is 4.79 Å². The average Bonchev–Trinajstić information content (AvgIpc) is 3.47. The second-order valence-corrected chi connectivity index (χ2v) is 8.29. The van der Waals surface area contributed by atoms with Crippen molar-refractivity contribution in [2.24, 2.45) is 0 Å². The van der Waals surface area contributed by atoms with E-state index < -0.39 is 5.25 Å². The molecule has 1 unspecified atom stereocenters. The summed E-state index contributed by atoms with van der Waals surface area (Å²) in [5, 5.41) is 8.30. The van der Waals surface area contributed by atoms with Crippen molar-refractivity contribution in [2.45, 2.75) is 29.7 Å². The van der Waals surface area contributed by atoms with E-state index in [0.717, 1.165) is 37.1 Å². The Morgan fingerprint density at radius 1 is 0.967 bits per heavy atom. The maximum atomic E-state index is 13.3. The van der Waals surface area contributed by atoms with Crippen molar-refractivity contribution in [1.82, 2.24) is 15.1 Å². The molecule has 3 aromatic rings. The zero-order chi connectivity index (χ0) is 20.3. The van der Waals surface area contributed by atoms with Gasteiger partial charge in [-0.25, -0.2) is 0 Å². The number of likely N-dealkylation sites (tertiary alicyclic amines) is 1. The molecule has 0 bridgehead atoms. The molecule has 0 spiro atoms. The van der Waals surface area contributed by atoms with E-state index in [4.69, 9.17) is 13.9 Å². The van der Waals surface area contributed by atoms with E-state index in [-0.39, 0.29) is 12.7 Å². The Morgan fingerprint density at radius 3 is 2.60 bits per heavy atom. The van der Waals surface area contributed by atoms with Crippen molar-refractivity contribution < 1.29 is 18.7 Å². The Bertz CT molecular complexity index is 1030. The van der Waals surface area contributed by atoms with Gasteiger partial charge in [0.2, 0.25) is 18.6 Å². The van der Waals surface area contributed by atoms with Gasteiger partial charge in [-0.1, -0.05) is 30.3 Å². The number of benzene rings is 2. The van der Waals surface area contributed by atoms with Crippen LogP contribution in [0.15, 0.2) is 58.2 Å². The first kappa shape index (κ1) is 19.0. The predicted octanol–water partition coefficient (Wildman–Crippen LogP) is 4.31. The molecule has 7 nitrogen and oxygen atoms in total. The number of aromatic nitrogens is 2. The summed E-state index contributed by atoms with van der Waals surface area (Å²) in [6.45, 7) is 1.81. The number of piperidine rings is 1. The molecule has 0 aliphatic carbocycles. The third kappa shape index (κ3) is 3.87. The minimum Gasteiger partial charge on any atom is -0.454 e. The fourth-order valence-electron chi connectivity index (χ4n) is 3.67. The lowest BCUT2D eigenvalue weighted by Crippen LogP contribution is -2.38. The maximum absolute atomic E-state index is 13.3. The number of nitrogens with zero attached hydrogens (tertiary/aromatic N) is 3. The third-order valence-corrected chi connectivity index (χ3v) is 6.32. The summed E-state index contributed by atoms with van der Waals surface area (Å²) in [7, 11) is 0. The molecule has 1 aromatic heterocycles. The SMILES string of the molecule is O=C(C(Sc1nnc(-c2ccc3c(c2)OCO3)o1)c1ccccc1)N1CCCCC1. The molecule has 154 valence electrons. The summed E-state index contributed by atoms with van der Waals surface area (Å²) in [5.74, 6) is 1.83. The van der Waals surface area contributed by atoms with E-state index in [1.54, 1.807) is 0 Å². The molecular formula is C22H21N3O4S. The van der Waals surface area contributed by atoms with Gasteiger partial charge in [0.05, 0.1) is 0 Å². The Labute approximate surface area is 178 Å². The van der Waals surface area contributed by atoms with Gasteiger partial charge in [-0.2, -0.15) is 0 Å². The summed E-state index contributed by atoms with van der Waals surface area (Å²) >= 11 is 1.30. The number of thioether (sulfide) groups is 1. The Morgan fingerprint density at radius 2 is 1.77 bits per heavy atom. The summed E-state index contributed by atoms with van der Waals surface area (Å²) in [6, 6.07) is 15.3. The van der Waals surface area contributed by atoms with Crippen molar-refractivity contribution >= 4 is 17.7 Å². The van der Waals surface area contributed by atoms with Crippen molar-refractivity contribution in [3.8, 4) is 23.0 Å². The van der Waals surface area contributed by atoms with E-state index in [1.807, 2.05) is 53.4 Å². The molecule has 3 heterocycles. The van der Waals surface area contributed by atoms with Crippen LogP contribution in [0.4, 0.5) is 0 Å². The van der Waals surface area contributed by atoms with E-state index >= 15 is 0 Å². The first-order valence-electron chi connectivity index (χ1n) is 10.0. The zero-order valence-electron chi connectivity index (χ0n) is 16.3. The first-order valence-corrected chi connectivity index (χ1v) is 10.9. The van der Waals surface area contributed by atoms with Crippen LogP contribution in [0.1, 0.15) is 30.1 Å². The normalized spacial score (nSPS) is 16.5. The standard InChI is InChI=1S/C22H21N3O4S/c26-21(25-11-5-2-6-12-25)19(15-7-3-1-4-8-15)30-22-24-23-20(29-22)16-9-10-17-18(13-16)28-14-27-17/h1,3-4,7-10,13,19H,2,5-6,11-12,14H2. The topological polar surface area (TPSA) is 77.7 Å². The molecule has 5 rings (SSSR count). The molecule has 2 aromatic carbocycles. The molecule has 0 N–H and O–H groups in total. The molecular weight excluding hydrogens is 402 g/mol. The predicted molar refractivity (Wildman–Crippen MR) is 111 cm³/mol. The molecule has 2 aliphatic heterocycles. The van der Waals surface area contributed by atoms with Crippen LogP contribution in [-0.2, 0) is 4.79 Å². The van der Waals surface area contributed by atoms with Crippen molar-refractivity contribution in [1.29, 1.82) is 0 Å². The average molecular weight is 423 g/mol. The quantitative estimate of drug-likeness (QED) is 0.566. The van der Waals surface area contributed by atoms with Gasteiger partial charge in [-0.15, -0.1) is 10.2 Å². The van der Waals surface area contributed by atoms with Gasteiger partial charge >= 0.3 is 0 Å². The lowest BCUT2D eigenvalue weighted by atomic mass is 10.1. The first-order chi connectivity index (χ1) is 14.8. The zero-order valence-corrected chi connectivity index (χ0v) is 17.1. The van der Waals surface area contributed by atoms with Gasteiger partial charge in [0, 0.05) is 18.7 Å². The molecule has 30 heavy (non-hydrogen) atoms. The van der Waals surface area contributed by atoms with Crippen LogP contribution in [0.3, 0.4) is 0 Å². The highest BCUT2D eigenvalue weighted by atomic mass is 32.2. The van der Waals surface area contributed by atoms with Crippen LogP contribution in [0, 0.1) is 0 Å². The third-order valence-electron chi connectivity index (χ3n) is 5.24. The van der Waals surface area contributed by atoms with Gasteiger partial charge in [0.25, 0.3) is 5.22 Å². The summed E-state index contributed by atoms with van der Waals surface area (Å²) in [6.07, 6.45) is 3.27. The van der Waals surface area contributed by atoms with Crippen LogP contribution < -0.4 is 9.47 Å². The fraction of sp³-hybridized carbons (Fsp3) is 0.318. The smallest absolute Gasteiger partial charge is 0.277 e. The Hall–Kier alpha value is -3.00. The van der Waals surface area contributed by atoms with Crippen molar-refractivity contribution in [2.75, 3.05) is 19.9 Å². The van der Waals surface area contributed by atoms with Crippen LogP contribution in [0.2, 0.25) is 0 Å². The lowest BCUT2D eigenvalue weighted by Gasteiger charge is -2.29. The number of fused-ring (bicyclic) bond motifs is 1. The number of amides is 1. The van der Waals surface area contributed by atoms with Crippen LogP contribution in [-0.4, -0.2) is 40.9 Å². The van der Waals surface area contributed by atoms with Crippen LogP contribution in [0.25, 0.3) is 11.5 Å². The summed E-state index contributed by atoms with van der Waals surface area (Å²) < 4.78 is 16.7. The molecule has 8 heteroatoms. The number of carbonyl (C=O) groups is 1. The van der Waals surface area contributed by atoms with Crippen molar-refractivity contribution in [3.63, 3.8) is 0 Å². The van der Waals surface area contributed by atoms with Gasteiger partial charge in [-0.05, 0) is 54.8 Å². The highest BCUT2D eigenvalue weighted by Gasteiger charge is 2.30. The highest BCUT2D eigenvalue weighted by molar-refractivity contribution is 8.00. The minimum atomic E-state index is -0.422. The van der Waals surface area contributed by atoms with Crippen molar-refractivity contribution in [3.05, 3.63) is 54.1 Å². The monoisotopic (exact) mass is 423 g/mol. The van der Waals surface area contributed by atoms with Gasteiger partial charge in [0.1, 0.15) is 5.25 Å². The van der Waals surface area contributed by atoms with E-state index in [9.17, 15) is 4.79 Å². The number of hydrogen-bond donors (Lipinski definition) is 0. The summed E-state index contributed by atoms with van der Waals surface area (Å²) in [5.41, 5.74) is 1.68. The number of hydrogen-bond acceptors (Lipinski definition) is 7. The van der Waals surface area contributed by atoms with Gasteiger partial charge in [0.15, 0.2) is 11.5 Å². The number of carbonyl (C=O) groups excluding carboxylic acids is 1. The minimum absolute atomic E-state index is 0.0914. The maximum Gasteiger partial charge on any atom is 0.277 e. The second kappa shape index (κ2) is 8.39. The largest absolute Gasteiger partial charge is 0.454 e. The Balaban J connectivity index is 1.39. The summed E-state index contributed by atoms with van der Waals surface area (Å²) in [4.78, 5) is 15.2. The lowest BCUT2D eigenvalue weighted by molar-refractivity contribution is -0.131. The van der Waals surface area contributed by atoms with E-state index in [2.05, 4.69) is 10.2 Å².